The first-order valence-corrected chi connectivity index (χ1v) is 11.9. The van der Waals surface area contributed by atoms with Gasteiger partial charge in [0, 0.05) is 31.9 Å². The third-order valence-corrected chi connectivity index (χ3v) is 6.60. The predicted molar refractivity (Wildman–Crippen MR) is 138 cm³/mol. The van der Waals surface area contributed by atoms with Gasteiger partial charge in [0.15, 0.2) is 5.13 Å². The summed E-state index contributed by atoms with van der Waals surface area (Å²) in [5.41, 5.74) is 4.13. The molecule has 0 aliphatic carbocycles. The van der Waals surface area contributed by atoms with Gasteiger partial charge >= 0.3 is 0 Å². The van der Waals surface area contributed by atoms with E-state index in [0.29, 0.717) is 42.7 Å². The fourth-order valence-electron chi connectivity index (χ4n) is 3.44. The van der Waals surface area contributed by atoms with Crippen LogP contribution in [-0.4, -0.2) is 15.9 Å². The van der Waals surface area contributed by atoms with Crippen molar-refractivity contribution < 1.29 is 4.79 Å². The Hall–Kier alpha value is -2.96. The van der Waals surface area contributed by atoms with Gasteiger partial charge in [0.1, 0.15) is 0 Å². The highest BCUT2D eigenvalue weighted by Crippen LogP contribution is 2.33. The van der Waals surface area contributed by atoms with Crippen LogP contribution in [0.15, 0.2) is 78.2 Å². The monoisotopic (exact) mass is 509 g/mol. The lowest BCUT2D eigenvalue weighted by Crippen LogP contribution is -2.13. The SMILES string of the molecule is O=C(Nc1nc(-c2cc(Cl)ccc2Cl)cs1)c1cc(-c2ccc(Cl)cc2)nc2ccccc12. The molecule has 3 aromatic carbocycles. The summed E-state index contributed by atoms with van der Waals surface area (Å²) in [5.74, 6) is -0.276. The number of pyridine rings is 1. The number of amides is 1. The van der Waals surface area contributed by atoms with E-state index in [-0.39, 0.29) is 5.91 Å². The normalized spacial score (nSPS) is 11.0. The molecule has 2 aromatic heterocycles. The molecule has 0 aliphatic heterocycles. The summed E-state index contributed by atoms with van der Waals surface area (Å²) < 4.78 is 0. The van der Waals surface area contributed by atoms with Crippen molar-refractivity contribution in [2.45, 2.75) is 0 Å². The van der Waals surface area contributed by atoms with Crippen molar-refractivity contribution in [1.82, 2.24) is 9.97 Å². The molecule has 1 amide bonds. The predicted octanol–water partition coefficient (Wildman–Crippen LogP) is 8.24. The second-order valence-corrected chi connectivity index (χ2v) is 9.33. The van der Waals surface area contributed by atoms with Crippen LogP contribution in [0.1, 0.15) is 10.4 Å². The number of hydrogen-bond donors (Lipinski definition) is 1. The van der Waals surface area contributed by atoms with Crippen molar-refractivity contribution in [2.24, 2.45) is 0 Å². The van der Waals surface area contributed by atoms with Crippen LogP contribution in [0.3, 0.4) is 0 Å². The lowest BCUT2D eigenvalue weighted by Gasteiger charge is -2.10. The van der Waals surface area contributed by atoms with E-state index in [1.165, 1.54) is 11.3 Å². The van der Waals surface area contributed by atoms with E-state index < -0.39 is 0 Å². The molecule has 8 heteroatoms. The van der Waals surface area contributed by atoms with Crippen molar-refractivity contribution in [3.05, 3.63) is 98.8 Å². The highest BCUT2D eigenvalue weighted by atomic mass is 35.5. The number of aromatic nitrogens is 2. The van der Waals surface area contributed by atoms with Crippen LogP contribution < -0.4 is 5.32 Å². The Balaban J connectivity index is 1.50. The molecule has 162 valence electrons. The van der Waals surface area contributed by atoms with Crippen molar-refractivity contribution in [1.29, 1.82) is 0 Å². The molecule has 5 aromatic rings. The molecular formula is C25H14Cl3N3OS. The molecule has 5 rings (SSSR count). The van der Waals surface area contributed by atoms with Crippen molar-refractivity contribution in [3.8, 4) is 22.5 Å². The summed E-state index contributed by atoms with van der Waals surface area (Å²) in [6.45, 7) is 0. The molecule has 2 heterocycles. The van der Waals surface area contributed by atoms with Crippen molar-refractivity contribution >= 4 is 68.1 Å². The minimum absolute atomic E-state index is 0.276. The van der Waals surface area contributed by atoms with E-state index in [1.54, 1.807) is 36.4 Å². The van der Waals surface area contributed by atoms with Gasteiger partial charge < -0.3 is 0 Å². The molecule has 0 fully saturated rings. The van der Waals surface area contributed by atoms with Crippen molar-refractivity contribution in [2.75, 3.05) is 5.32 Å². The zero-order valence-corrected chi connectivity index (χ0v) is 19.9. The maximum atomic E-state index is 13.3. The van der Waals surface area contributed by atoms with Gasteiger partial charge in [-0.3, -0.25) is 10.1 Å². The fraction of sp³-hybridized carbons (Fsp3) is 0. The molecule has 0 atom stereocenters. The molecule has 0 spiro atoms. The van der Waals surface area contributed by atoms with Crippen LogP contribution in [0.5, 0.6) is 0 Å². The van der Waals surface area contributed by atoms with Gasteiger partial charge in [-0.25, -0.2) is 9.97 Å². The number of carbonyl (C=O) groups excluding carboxylic acids is 1. The Kier molecular flexibility index (Phi) is 6.04. The number of carbonyl (C=O) groups is 1. The number of thiazole rings is 1. The number of nitrogens with one attached hydrogen (secondary N) is 1. The topological polar surface area (TPSA) is 54.9 Å². The molecule has 0 bridgehead atoms. The summed E-state index contributed by atoms with van der Waals surface area (Å²) in [4.78, 5) is 22.5. The summed E-state index contributed by atoms with van der Waals surface area (Å²) in [6, 6.07) is 21.9. The van der Waals surface area contributed by atoms with E-state index in [9.17, 15) is 4.79 Å². The fourth-order valence-corrected chi connectivity index (χ4v) is 4.66. The van der Waals surface area contributed by atoms with E-state index in [4.69, 9.17) is 39.8 Å². The van der Waals surface area contributed by atoms with Crippen LogP contribution in [0.2, 0.25) is 15.1 Å². The Morgan fingerprint density at radius 1 is 0.818 bits per heavy atom. The minimum Gasteiger partial charge on any atom is -0.298 e. The number of hydrogen-bond acceptors (Lipinski definition) is 4. The number of rotatable bonds is 4. The molecule has 0 saturated heterocycles. The largest absolute Gasteiger partial charge is 0.298 e. The van der Waals surface area contributed by atoms with Crippen LogP contribution in [0.4, 0.5) is 5.13 Å². The van der Waals surface area contributed by atoms with Gasteiger partial charge in [-0.2, -0.15) is 0 Å². The van der Waals surface area contributed by atoms with Gasteiger partial charge in [0.05, 0.1) is 27.5 Å². The maximum Gasteiger partial charge on any atom is 0.258 e. The van der Waals surface area contributed by atoms with Gasteiger partial charge in [-0.15, -0.1) is 11.3 Å². The summed E-state index contributed by atoms with van der Waals surface area (Å²) in [6.07, 6.45) is 0. The van der Waals surface area contributed by atoms with Crippen LogP contribution in [0, 0.1) is 0 Å². The van der Waals surface area contributed by atoms with E-state index in [2.05, 4.69) is 10.3 Å². The maximum absolute atomic E-state index is 13.3. The first-order valence-electron chi connectivity index (χ1n) is 9.86. The van der Waals surface area contributed by atoms with E-state index >= 15 is 0 Å². The zero-order chi connectivity index (χ0) is 22.9. The second kappa shape index (κ2) is 9.12. The van der Waals surface area contributed by atoms with E-state index in [1.807, 2.05) is 41.8 Å². The van der Waals surface area contributed by atoms with Gasteiger partial charge in [-0.05, 0) is 42.5 Å². The molecule has 0 unspecified atom stereocenters. The number of halogens is 3. The molecule has 33 heavy (non-hydrogen) atoms. The quantitative estimate of drug-likeness (QED) is 0.265. The molecule has 1 N–H and O–H groups in total. The highest BCUT2D eigenvalue weighted by molar-refractivity contribution is 7.14. The lowest BCUT2D eigenvalue weighted by molar-refractivity contribution is 0.102. The standard InChI is InChI=1S/C25H14Cl3N3OS/c26-15-7-5-14(6-8-15)22-12-18(17-3-1-2-4-21(17)29-22)24(32)31-25-30-23(13-33-25)19-11-16(27)9-10-20(19)28/h1-13H,(H,30,31,32). The van der Waals surface area contributed by atoms with Crippen LogP contribution in [0.25, 0.3) is 33.4 Å². The Morgan fingerprint density at radius 3 is 2.39 bits per heavy atom. The average Bonchev–Trinajstić information content (AvgIpc) is 3.28. The molecule has 0 radical (unpaired) electrons. The van der Waals surface area contributed by atoms with Gasteiger partial charge in [-0.1, -0.05) is 65.1 Å². The summed E-state index contributed by atoms with van der Waals surface area (Å²) >= 11 is 19.7. The Labute approximate surface area is 208 Å². The number of nitrogens with zero attached hydrogens (tertiary/aromatic N) is 2. The molecule has 4 nitrogen and oxygen atoms in total. The van der Waals surface area contributed by atoms with Gasteiger partial charge in [0.2, 0.25) is 0 Å². The minimum atomic E-state index is -0.276. The lowest BCUT2D eigenvalue weighted by atomic mass is 10.0. The third kappa shape index (κ3) is 4.59. The molecule has 0 saturated carbocycles. The average molecular weight is 511 g/mol. The number of benzene rings is 3. The van der Waals surface area contributed by atoms with Crippen LogP contribution >= 0.6 is 46.1 Å². The van der Waals surface area contributed by atoms with Crippen molar-refractivity contribution in [3.63, 3.8) is 0 Å². The summed E-state index contributed by atoms with van der Waals surface area (Å²) in [5, 5.41) is 7.68. The Bertz CT molecular complexity index is 1500. The molecule has 0 aliphatic rings. The first-order chi connectivity index (χ1) is 16.0. The Morgan fingerprint density at radius 2 is 1.58 bits per heavy atom. The summed E-state index contributed by atoms with van der Waals surface area (Å²) in [7, 11) is 0. The zero-order valence-electron chi connectivity index (χ0n) is 16.9. The smallest absolute Gasteiger partial charge is 0.258 e. The van der Waals surface area contributed by atoms with E-state index in [0.717, 1.165) is 16.5 Å². The first kappa shape index (κ1) is 21.9. The number of anilines is 1. The second-order valence-electron chi connectivity index (χ2n) is 7.20. The molecular weight excluding hydrogens is 497 g/mol. The number of fused-ring (bicyclic) bond motifs is 1. The van der Waals surface area contributed by atoms with Crippen LogP contribution in [-0.2, 0) is 0 Å². The van der Waals surface area contributed by atoms with Gasteiger partial charge in [0.25, 0.3) is 5.91 Å². The highest BCUT2D eigenvalue weighted by Gasteiger charge is 2.16. The number of para-hydroxylation sites is 1. The third-order valence-electron chi connectivity index (χ3n) is 5.03.